The summed E-state index contributed by atoms with van der Waals surface area (Å²) >= 11 is 0. The van der Waals surface area contributed by atoms with Gasteiger partial charge in [0.05, 0.1) is 21.1 Å². The Morgan fingerprint density at radius 1 is 0.850 bits per heavy atom. The molecule has 0 aromatic heterocycles. The second kappa shape index (κ2) is 6.69. The van der Waals surface area contributed by atoms with Crippen molar-refractivity contribution < 1.29 is 21.7 Å². The van der Waals surface area contributed by atoms with E-state index in [1.807, 2.05) is 63.6 Å². The van der Waals surface area contributed by atoms with Crippen molar-refractivity contribution in [1.29, 1.82) is 0 Å². The van der Waals surface area contributed by atoms with Crippen LogP contribution in [0.1, 0.15) is 10.4 Å². The van der Waals surface area contributed by atoms with E-state index in [1.54, 1.807) is 0 Å². The fraction of sp³-hybridized carbons (Fsp3) is 0.235. The molecule has 0 aliphatic rings. The molecule has 20 heavy (non-hydrogen) atoms. The number of carbonyl (C=O) groups is 1. The molecule has 0 amide bonds. The predicted molar refractivity (Wildman–Crippen MR) is 79.1 cm³/mol. The van der Waals surface area contributed by atoms with Gasteiger partial charge in [0.25, 0.3) is 0 Å². The minimum Gasteiger partial charge on any atom is -1.00 e. The number of quaternary nitrogens is 1. The first kappa shape index (κ1) is 16.4. The Hall–Kier alpha value is -1.64. The van der Waals surface area contributed by atoms with Crippen LogP contribution in [-0.2, 0) is 0 Å². The second-order valence-corrected chi connectivity index (χ2v) is 5.81. The summed E-state index contributed by atoms with van der Waals surface area (Å²) in [6.45, 7) is 0.519. The van der Waals surface area contributed by atoms with Crippen LogP contribution in [0.3, 0.4) is 0 Å². The van der Waals surface area contributed by atoms with E-state index in [4.69, 9.17) is 0 Å². The molecule has 0 unspecified atom stereocenters. The zero-order chi connectivity index (χ0) is 13.9. The standard InChI is InChI=1S/C17H20NO.ClH/c1-18(2,3)13-17(19)16-11-9-15(10-12-16)14-7-5-4-6-8-14;/h4-12H,13H2,1-3H3;1H/q+1;/p-1. The smallest absolute Gasteiger partial charge is 0.216 e. The summed E-state index contributed by atoms with van der Waals surface area (Å²) in [5.74, 6) is 0.187. The van der Waals surface area contributed by atoms with Crippen LogP contribution in [-0.4, -0.2) is 38.0 Å². The molecule has 0 aliphatic carbocycles. The Morgan fingerprint density at radius 2 is 1.35 bits per heavy atom. The molecule has 2 aromatic rings. The average Bonchev–Trinajstić information content (AvgIpc) is 2.38. The normalized spacial score (nSPS) is 10.8. The monoisotopic (exact) mass is 289 g/mol. The molecule has 0 aliphatic heterocycles. The summed E-state index contributed by atoms with van der Waals surface area (Å²) in [5, 5.41) is 0. The summed E-state index contributed by atoms with van der Waals surface area (Å²) in [6, 6.07) is 18.0. The summed E-state index contributed by atoms with van der Waals surface area (Å²) < 4.78 is 0.652. The van der Waals surface area contributed by atoms with E-state index in [0.29, 0.717) is 11.0 Å². The molecule has 0 spiro atoms. The zero-order valence-corrected chi connectivity index (χ0v) is 12.9. The lowest BCUT2D eigenvalue weighted by molar-refractivity contribution is -0.861. The molecule has 0 saturated heterocycles. The van der Waals surface area contributed by atoms with Gasteiger partial charge in [0.15, 0.2) is 0 Å². The van der Waals surface area contributed by atoms with Gasteiger partial charge in [-0.1, -0.05) is 54.6 Å². The maximum Gasteiger partial charge on any atom is 0.216 e. The minimum atomic E-state index is 0. The molecule has 3 heteroatoms. The molecule has 0 N–H and O–H groups in total. The number of ketones is 1. The lowest BCUT2D eigenvalue weighted by atomic mass is 10.0. The fourth-order valence-corrected chi connectivity index (χ4v) is 2.00. The molecule has 0 heterocycles. The van der Waals surface area contributed by atoms with E-state index in [-0.39, 0.29) is 18.2 Å². The lowest BCUT2D eigenvalue weighted by Crippen LogP contribution is -3.00. The number of Topliss-reactive ketones (excluding diaryl/α,β-unsaturated/α-hetero) is 1. The Morgan fingerprint density at radius 3 is 1.85 bits per heavy atom. The van der Waals surface area contributed by atoms with Crippen molar-refractivity contribution in [3.05, 3.63) is 60.2 Å². The SMILES string of the molecule is C[N+](C)(C)CC(=O)c1ccc(-c2ccccc2)cc1.[Cl-]. The largest absolute Gasteiger partial charge is 1.00 e. The Kier molecular flexibility index (Phi) is 5.49. The van der Waals surface area contributed by atoms with Gasteiger partial charge in [-0.3, -0.25) is 4.79 Å². The van der Waals surface area contributed by atoms with Gasteiger partial charge in [-0.05, 0) is 11.1 Å². The zero-order valence-electron chi connectivity index (χ0n) is 12.1. The van der Waals surface area contributed by atoms with Crippen molar-refractivity contribution in [3.63, 3.8) is 0 Å². The molecule has 2 nitrogen and oxygen atoms in total. The van der Waals surface area contributed by atoms with Crippen LogP contribution in [0.4, 0.5) is 0 Å². The number of benzene rings is 2. The van der Waals surface area contributed by atoms with Gasteiger partial charge < -0.3 is 16.9 Å². The quantitative estimate of drug-likeness (QED) is 0.582. The first-order valence-corrected chi connectivity index (χ1v) is 6.45. The van der Waals surface area contributed by atoms with E-state index in [9.17, 15) is 4.79 Å². The first-order chi connectivity index (χ1) is 8.96. The highest BCUT2D eigenvalue weighted by atomic mass is 35.5. The van der Waals surface area contributed by atoms with E-state index in [1.165, 1.54) is 5.56 Å². The molecule has 0 radical (unpaired) electrons. The lowest BCUT2D eigenvalue weighted by Gasteiger charge is -2.22. The van der Waals surface area contributed by atoms with Gasteiger partial charge >= 0.3 is 0 Å². The van der Waals surface area contributed by atoms with E-state index < -0.39 is 0 Å². The van der Waals surface area contributed by atoms with Crippen molar-refractivity contribution >= 4 is 5.78 Å². The number of hydrogen-bond acceptors (Lipinski definition) is 1. The van der Waals surface area contributed by atoms with Crippen molar-refractivity contribution in [2.45, 2.75) is 0 Å². The fourth-order valence-electron chi connectivity index (χ4n) is 2.00. The van der Waals surface area contributed by atoms with Crippen molar-refractivity contribution in [1.82, 2.24) is 0 Å². The van der Waals surface area contributed by atoms with Crippen LogP contribution in [0.25, 0.3) is 11.1 Å². The number of hydrogen-bond donors (Lipinski definition) is 0. The van der Waals surface area contributed by atoms with Crippen LogP contribution in [0, 0.1) is 0 Å². The van der Waals surface area contributed by atoms with Crippen LogP contribution < -0.4 is 12.4 Å². The van der Waals surface area contributed by atoms with Crippen molar-refractivity contribution in [2.75, 3.05) is 27.7 Å². The third-order valence-electron chi connectivity index (χ3n) is 2.93. The van der Waals surface area contributed by atoms with Gasteiger partial charge in [-0.15, -0.1) is 0 Å². The average molecular weight is 290 g/mol. The van der Waals surface area contributed by atoms with Gasteiger partial charge in [-0.2, -0.15) is 0 Å². The van der Waals surface area contributed by atoms with Gasteiger partial charge in [-0.25, -0.2) is 0 Å². The number of carbonyl (C=O) groups excluding carboxylic acids is 1. The van der Waals surface area contributed by atoms with Crippen LogP contribution in [0.2, 0.25) is 0 Å². The van der Waals surface area contributed by atoms with Gasteiger partial charge in [0.2, 0.25) is 5.78 Å². The second-order valence-electron chi connectivity index (χ2n) is 5.81. The molecular formula is C17H20ClNO. The summed E-state index contributed by atoms with van der Waals surface area (Å²) in [7, 11) is 6.07. The Labute approximate surface area is 127 Å². The Bertz CT molecular complexity index is 556. The van der Waals surface area contributed by atoms with Crippen molar-refractivity contribution in [3.8, 4) is 11.1 Å². The number of rotatable bonds is 4. The molecule has 0 fully saturated rings. The summed E-state index contributed by atoms with van der Waals surface area (Å²) in [6.07, 6.45) is 0. The maximum absolute atomic E-state index is 12.1. The van der Waals surface area contributed by atoms with Gasteiger partial charge in [0, 0.05) is 5.56 Å². The topological polar surface area (TPSA) is 17.1 Å². The molecular weight excluding hydrogens is 270 g/mol. The molecule has 106 valence electrons. The summed E-state index contributed by atoms with van der Waals surface area (Å²) in [4.78, 5) is 12.1. The van der Waals surface area contributed by atoms with E-state index >= 15 is 0 Å². The van der Waals surface area contributed by atoms with E-state index in [0.717, 1.165) is 11.1 Å². The number of likely N-dealkylation sites (N-methyl/N-ethyl adjacent to an activating group) is 1. The van der Waals surface area contributed by atoms with Crippen LogP contribution in [0.15, 0.2) is 54.6 Å². The number of halogens is 1. The molecule has 0 bridgehead atoms. The third kappa shape index (κ3) is 4.48. The maximum atomic E-state index is 12.1. The van der Waals surface area contributed by atoms with E-state index in [2.05, 4.69) is 12.1 Å². The third-order valence-corrected chi connectivity index (χ3v) is 2.93. The molecule has 0 atom stereocenters. The molecule has 2 aromatic carbocycles. The molecule has 2 rings (SSSR count). The molecule has 0 saturated carbocycles. The highest BCUT2D eigenvalue weighted by Gasteiger charge is 2.15. The van der Waals surface area contributed by atoms with Crippen LogP contribution >= 0.6 is 0 Å². The highest BCUT2D eigenvalue weighted by molar-refractivity contribution is 5.97. The highest BCUT2D eigenvalue weighted by Crippen LogP contribution is 2.19. The Balaban J connectivity index is 0.00000200. The van der Waals surface area contributed by atoms with Gasteiger partial charge in [0.1, 0.15) is 6.54 Å². The summed E-state index contributed by atoms with van der Waals surface area (Å²) in [5.41, 5.74) is 3.10. The van der Waals surface area contributed by atoms with Crippen molar-refractivity contribution in [2.24, 2.45) is 0 Å². The minimum absolute atomic E-state index is 0. The van der Waals surface area contributed by atoms with Crippen LogP contribution in [0.5, 0.6) is 0 Å². The predicted octanol–water partition coefficient (Wildman–Crippen LogP) is 0.247. The number of nitrogens with zero attached hydrogens (tertiary/aromatic N) is 1. The first-order valence-electron chi connectivity index (χ1n) is 6.45.